The zero-order valence-electron chi connectivity index (χ0n) is 23.9. The highest BCUT2D eigenvalue weighted by molar-refractivity contribution is 7.88. The van der Waals surface area contributed by atoms with Crippen LogP contribution in [0.1, 0.15) is 45.6 Å². The van der Waals surface area contributed by atoms with E-state index >= 15 is 0 Å². The van der Waals surface area contributed by atoms with Gasteiger partial charge in [-0.15, -0.1) is 11.3 Å². The third kappa shape index (κ3) is 12.4. The molecule has 232 valence electrons. The molecular weight excluding hydrogens is 601 g/mol. The topological polar surface area (TPSA) is 165 Å². The number of anilines is 1. The second kappa shape index (κ2) is 15.4. The Labute approximate surface area is 253 Å². The third-order valence-corrected chi connectivity index (χ3v) is 7.30. The van der Waals surface area contributed by atoms with Gasteiger partial charge < -0.3 is 20.1 Å². The van der Waals surface area contributed by atoms with Crippen molar-refractivity contribution in [2.45, 2.75) is 58.3 Å². The Kier molecular flexibility index (Phi) is 12.0. The number of rotatable bonds is 13. The molecule has 0 fully saturated rings. The van der Waals surface area contributed by atoms with Gasteiger partial charge in [-0.25, -0.2) is 23.7 Å². The molecule has 0 bridgehead atoms. The Morgan fingerprint density at radius 2 is 1.70 bits per heavy atom. The summed E-state index contributed by atoms with van der Waals surface area (Å²) >= 11 is 1.22. The first-order valence-corrected chi connectivity index (χ1v) is 15.7. The number of carbonyl (C=O) groups excluding carboxylic acids is 3. The summed E-state index contributed by atoms with van der Waals surface area (Å²) in [6.07, 6.45) is -1.25. The second-order valence-electron chi connectivity index (χ2n) is 10.3. The van der Waals surface area contributed by atoms with Crippen LogP contribution in [0.25, 0.3) is 11.3 Å². The molecule has 43 heavy (non-hydrogen) atoms. The fourth-order valence-electron chi connectivity index (χ4n) is 3.57. The lowest BCUT2D eigenvalue weighted by atomic mass is 10.1. The normalized spacial score (nSPS) is 12.2. The smallest absolute Gasteiger partial charge is 0.422 e. The Hall–Kier alpha value is -4.08. The highest BCUT2D eigenvalue weighted by atomic mass is 32.2. The van der Waals surface area contributed by atoms with Crippen LogP contribution < -0.4 is 20.1 Å². The highest BCUT2D eigenvalue weighted by Gasteiger charge is 2.24. The molecule has 1 heterocycles. The Morgan fingerprint density at radius 1 is 1.00 bits per heavy atom. The van der Waals surface area contributed by atoms with E-state index in [2.05, 4.69) is 20.3 Å². The summed E-state index contributed by atoms with van der Waals surface area (Å²) in [5.74, 6) is -0.967. The Balaban J connectivity index is 1.56. The molecule has 2 aromatic carbocycles. The van der Waals surface area contributed by atoms with E-state index in [1.807, 2.05) is 30.3 Å². The van der Waals surface area contributed by atoms with E-state index in [0.717, 1.165) is 5.56 Å². The van der Waals surface area contributed by atoms with E-state index in [-0.39, 0.29) is 26.0 Å². The number of amides is 3. The zero-order valence-corrected chi connectivity index (χ0v) is 25.5. The fraction of sp³-hybridized carbons (Fsp3) is 0.357. The summed E-state index contributed by atoms with van der Waals surface area (Å²) in [6, 6.07) is 13.8. The van der Waals surface area contributed by atoms with Gasteiger partial charge in [0.05, 0.1) is 5.69 Å². The highest BCUT2D eigenvalue weighted by Crippen LogP contribution is 2.25. The van der Waals surface area contributed by atoms with Crippen molar-refractivity contribution in [2.24, 2.45) is 0 Å². The molecule has 12 nitrogen and oxygen atoms in total. The molecule has 0 radical (unpaired) electrons. The lowest BCUT2D eigenvalue weighted by Crippen LogP contribution is -2.44. The number of hydrogen-bond donors (Lipinski definition) is 4. The van der Waals surface area contributed by atoms with Gasteiger partial charge in [-0.05, 0) is 57.7 Å². The van der Waals surface area contributed by atoms with Crippen LogP contribution in [0.3, 0.4) is 0 Å². The van der Waals surface area contributed by atoms with E-state index in [4.69, 9.17) is 9.47 Å². The number of ether oxygens (including phenoxy) is 2. The maximum atomic E-state index is 13.1. The predicted octanol–water partition coefficient (Wildman–Crippen LogP) is 4.71. The van der Waals surface area contributed by atoms with Gasteiger partial charge in [0.2, 0.25) is 5.91 Å². The molecule has 0 unspecified atom stereocenters. The van der Waals surface area contributed by atoms with Crippen LogP contribution >= 0.6 is 11.3 Å². The van der Waals surface area contributed by atoms with E-state index < -0.39 is 45.8 Å². The number of benzene rings is 2. The molecule has 0 saturated heterocycles. The molecule has 15 heteroatoms. The first kappa shape index (κ1) is 33.4. The van der Waals surface area contributed by atoms with E-state index in [1.165, 1.54) is 35.6 Å². The third-order valence-electron chi connectivity index (χ3n) is 5.52. The van der Waals surface area contributed by atoms with Gasteiger partial charge >= 0.3 is 22.4 Å². The molecule has 3 amide bonds. The summed E-state index contributed by atoms with van der Waals surface area (Å²) in [5.41, 5.74) is 1.24. The van der Waals surface area contributed by atoms with Crippen LogP contribution in [-0.4, -0.2) is 49.7 Å². The minimum atomic E-state index is -4.16. The van der Waals surface area contributed by atoms with Gasteiger partial charge in [0.25, 0.3) is 0 Å². The van der Waals surface area contributed by atoms with E-state index in [9.17, 15) is 27.2 Å². The lowest BCUT2D eigenvalue weighted by Gasteiger charge is -2.19. The first-order chi connectivity index (χ1) is 20.3. The molecule has 0 aliphatic carbocycles. The summed E-state index contributed by atoms with van der Waals surface area (Å²) < 4.78 is 51.5. The van der Waals surface area contributed by atoms with Crippen molar-refractivity contribution in [3.63, 3.8) is 0 Å². The van der Waals surface area contributed by atoms with E-state index in [0.29, 0.717) is 22.8 Å². The van der Waals surface area contributed by atoms with Crippen LogP contribution in [0.15, 0.2) is 60.0 Å². The Bertz CT molecular complexity index is 1480. The summed E-state index contributed by atoms with van der Waals surface area (Å²) in [4.78, 5) is 41.8. The van der Waals surface area contributed by atoms with Crippen molar-refractivity contribution in [1.29, 1.82) is 0 Å². The van der Waals surface area contributed by atoms with Crippen molar-refractivity contribution in [3.05, 3.63) is 71.4 Å². The molecule has 0 saturated carbocycles. The van der Waals surface area contributed by atoms with Crippen molar-refractivity contribution in [3.8, 4) is 11.3 Å². The van der Waals surface area contributed by atoms with Gasteiger partial charge in [-0.1, -0.05) is 42.5 Å². The summed E-state index contributed by atoms with van der Waals surface area (Å²) in [7, 11) is -4.16. The number of nitrogens with zero attached hydrogens (tertiary/aromatic N) is 1. The zero-order chi connectivity index (χ0) is 31.5. The average molecular weight is 636 g/mol. The molecule has 0 aliphatic heterocycles. The molecule has 1 aromatic heterocycles. The largest absolute Gasteiger partial charge is 0.445 e. The van der Waals surface area contributed by atoms with Gasteiger partial charge in [-0.2, -0.15) is 13.1 Å². The lowest BCUT2D eigenvalue weighted by molar-refractivity contribution is -0.118. The van der Waals surface area contributed by atoms with Crippen molar-refractivity contribution >= 4 is 44.8 Å². The van der Waals surface area contributed by atoms with Crippen LogP contribution in [0.5, 0.6) is 0 Å². The van der Waals surface area contributed by atoms with Crippen LogP contribution in [0, 0.1) is 5.82 Å². The average Bonchev–Trinajstić information content (AvgIpc) is 3.39. The number of hydrogen-bond acceptors (Lipinski definition) is 9. The van der Waals surface area contributed by atoms with Gasteiger partial charge in [0.15, 0.2) is 5.13 Å². The number of halogens is 1. The molecule has 3 rings (SSSR count). The predicted molar refractivity (Wildman–Crippen MR) is 160 cm³/mol. The quantitative estimate of drug-likeness (QED) is 0.196. The standard InChI is InChI=1S/C28H34FN5O7S2/c1-28(2,3)41-27(37)34-43(38,39)30-16-8-7-11-22(32-26(36)40-17-19-12-14-21(29)15-13-19)24(35)33-25-31-23(18-42-25)20-9-5-4-6-10-20/h4-6,9-10,12-15,18,22,30H,7-8,11,16-17H2,1-3H3,(H,32,36)(H,34,37)(H,31,33,35)/t22-/m0/s1. The number of alkyl carbamates (subject to hydrolysis) is 1. The van der Waals surface area contributed by atoms with Crippen molar-refractivity contribution < 1.29 is 36.7 Å². The summed E-state index contributed by atoms with van der Waals surface area (Å²) in [6.45, 7) is 4.61. The summed E-state index contributed by atoms with van der Waals surface area (Å²) in [5, 5.41) is 7.36. The van der Waals surface area contributed by atoms with Gasteiger partial charge in [0.1, 0.15) is 24.1 Å². The molecule has 4 N–H and O–H groups in total. The molecule has 0 aliphatic rings. The van der Waals surface area contributed by atoms with Gasteiger partial charge in [-0.3, -0.25) is 4.79 Å². The second-order valence-corrected chi connectivity index (χ2v) is 12.6. The monoisotopic (exact) mass is 635 g/mol. The SMILES string of the molecule is CC(C)(C)OC(=O)NS(=O)(=O)NCCCC[C@H](NC(=O)OCc1ccc(F)cc1)C(=O)Nc1nc(-c2ccccc2)cs1. The molecular formula is C28H34FN5O7S2. The fourth-order valence-corrected chi connectivity index (χ4v) is 5.04. The molecule has 1 atom stereocenters. The van der Waals surface area contributed by atoms with Gasteiger partial charge in [0, 0.05) is 17.5 Å². The maximum absolute atomic E-state index is 13.1. The van der Waals surface area contributed by atoms with Crippen LogP contribution in [0.2, 0.25) is 0 Å². The van der Waals surface area contributed by atoms with Crippen molar-refractivity contribution in [1.82, 2.24) is 19.7 Å². The van der Waals surface area contributed by atoms with E-state index in [1.54, 1.807) is 30.9 Å². The molecule has 0 spiro atoms. The van der Waals surface area contributed by atoms with Crippen LogP contribution in [-0.2, 0) is 31.1 Å². The van der Waals surface area contributed by atoms with Crippen LogP contribution in [0.4, 0.5) is 19.1 Å². The minimum absolute atomic E-state index is 0.0472. The molecule has 3 aromatic rings. The minimum Gasteiger partial charge on any atom is -0.445 e. The Morgan fingerprint density at radius 3 is 2.37 bits per heavy atom. The maximum Gasteiger partial charge on any atom is 0.422 e. The number of nitrogens with one attached hydrogen (secondary N) is 4. The number of thiazole rings is 1. The number of carbonyl (C=O) groups is 3. The number of aromatic nitrogens is 1. The van der Waals surface area contributed by atoms with Crippen molar-refractivity contribution in [2.75, 3.05) is 11.9 Å². The number of unbranched alkanes of at least 4 members (excludes halogenated alkanes) is 1. The first-order valence-electron chi connectivity index (χ1n) is 13.3.